The highest BCUT2D eigenvalue weighted by Crippen LogP contribution is 2.21. The van der Waals surface area contributed by atoms with Gasteiger partial charge in [0.1, 0.15) is 5.75 Å². The highest BCUT2D eigenvalue weighted by Gasteiger charge is 2.11. The van der Waals surface area contributed by atoms with Crippen LogP contribution in [0.2, 0.25) is 0 Å². The minimum absolute atomic E-state index is 0.155. The third-order valence-corrected chi connectivity index (χ3v) is 3.68. The Balaban J connectivity index is 2.72. The molecule has 0 radical (unpaired) electrons. The maximum absolute atomic E-state index is 10.1. The van der Waals surface area contributed by atoms with Crippen molar-refractivity contribution in [3.05, 3.63) is 47.2 Å². The van der Waals surface area contributed by atoms with E-state index in [1.165, 1.54) is 0 Å². The number of phenolic OH excluding ortho intramolecular Hbond substituents is 1. The molecule has 0 bridgehead atoms. The number of phenols is 1. The molecule has 0 aliphatic carbocycles. The fourth-order valence-corrected chi connectivity index (χ4v) is 2.21. The van der Waals surface area contributed by atoms with Crippen LogP contribution in [0.1, 0.15) is 58.1 Å². The van der Waals surface area contributed by atoms with Gasteiger partial charge in [-0.3, -0.25) is 0 Å². The van der Waals surface area contributed by atoms with Gasteiger partial charge in [0, 0.05) is 12.8 Å². The van der Waals surface area contributed by atoms with Gasteiger partial charge in [0.15, 0.2) is 0 Å². The number of hydrogen-bond donors (Lipinski definition) is 3. The van der Waals surface area contributed by atoms with Gasteiger partial charge in [0.05, 0.1) is 12.2 Å². The van der Waals surface area contributed by atoms with Crippen LogP contribution in [0.25, 0.3) is 0 Å². The molecular weight excluding hydrogens is 276 g/mol. The first-order valence-corrected chi connectivity index (χ1v) is 8.02. The summed E-state index contributed by atoms with van der Waals surface area (Å²) >= 11 is 0. The molecule has 0 aliphatic rings. The fraction of sp³-hybridized carbons (Fsp3) is 0.526. The molecule has 22 heavy (non-hydrogen) atoms. The summed E-state index contributed by atoms with van der Waals surface area (Å²) in [6, 6.07) is 6.66. The SMILES string of the molecule is CCCC(=C=CC[C@@H](O)c1cccc(O)c1)C[C@@H](O)C(C)C. The van der Waals surface area contributed by atoms with Crippen molar-refractivity contribution in [1.82, 2.24) is 0 Å². The number of rotatable bonds is 8. The summed E-state index contributed by atoms with van der Waals surface area (Å²) in [5, 5.41) is 29.5. The Morgan fingerprint density at radius 1 is 1.27 bits per heavy atom. The van der Waals surface area contributed by atoms with E-state index in [2.05, 4.69) is 12.7 Å². The quantitative estimate of drug-likeness (QED) is 0.634. The molecule has 0 saturated heterocycles. The maximum Gasteiger partial charge on any atom is 0.115 e. The van der Waals surface area contributed by atoms with Crippen LogP contribution in [0.3, 0.4) is 0 Å². The molecule has 0 amide bonds. The van der Waals surface area contributed by atoms with E-state index in [4.69, 9.17) is 0 Å². The van der Waals surface area contributed by atoms with Crippen molar-refractivity contribution >= 4 is 0 Å². The maximum atomic E-state index is 10.1. The zero-order valence-electron chi connectivity index (χ0n) is 13.8. The smallest absolute Gasteiger partial charge is 0.115 e. The van der Waals surface area contributed by atoms with Crippen LogP contribution in [0.15, 0.2) is 41.6 Å². The molecule has 3 heteroatoms. The third kappa shape index (κ3) is 6.48. The van der Waals surface area contributed by atoms with Crippen LogP contribution >= 0.6 is 0 Å². The van der Waals surface area contributed by atoms with Gasteiger partial charge in [-0.15, -0.1) is 5.73 Å². The summed E-state index contributed by atoms with van der Waals surface area (Å²) < 4.78 is 0. The number of aliphatic hydroxyl groups is 2. The van der Waals surface area contributed by atoms with E-state index in [1.54, 1.807) is 24.3 Å². The molecule has 2 atom stereocenters. The van der Waals surface area contributed by atoms with Crippen LogP contribution in [-0.4, -0.2) is 21.4 Å². The van der Waals surface area contributed by atoms with E-state index >= 15 is 0 Å². The van der Waals surface area contributed by atoms with Crippen molar-refractivity contribution in [3.8, 4) is 5.75 Å². The fourth-order valence-electron chi connectivity index (χ4n) is 2.21. The molecular formula is C19H28O3. The van der Waals surface area contributed by atoms with Crippen LogP contribution in [0.4, 0.5) is 0 Å². The van der Waals surface area contributed by atoms with E-state index in [0.29, 0.717) is 18.4 Å². The first kappa shape index (κ1) is 18.5. The van der Waals surface area contributed by atoms with Crippen molar-refractivity contribution < 1.29 is 15.3 Å². The Morgan fingerprint density at radius 3 is 2.59 bits per heavy atom. The molecule has 0 heterocycles. The van der Waals surface area contributed by atoms with Crippen LogP contribution in [0.5, 0.6) is 5.75 Å². The lowest BCUT2D eigenvalue weighted by Gasteiger charge is -2.15. The Kier molecular flexibility index (Phi) is 7.97. The zero-order chi connectivity index (χ0) is 16.5. The molecule has 0 aromatic heterocycles. The normalized spacial score (nSPS) is 13.5. The van der Waals surface area contributed by atoms with Gasteiger partial charge in [-0.05, 0) is 41.7 Å². The van der Waals surface area contributed by atoms with Crippen LogP contribution < -0.4 is 0 Å². The van der Waals surface area contributed by atoms with Crippen molar-refractivity contribution in [2.24, 2.45) is 5.92 Å². The highest BCUT2D eigenvalue weighted by atomic mass is 16.3. The summed E-state index contributed by atoms with van der Waals surface area (Å²) in [5.74, 6) is 0.384. The van der Waals surface area contributed by atoms with Gasteiger partial charge >= 0.3 is 0 Å². The summed E-state index contributed by atoms with van der Waals surface area (Å²) in [6.45, 7) is 6.11. The first-order chi connectivity index (χ1) is 10.4. The van der Waals surface area contributed by atoms with E-state index in [-0.39, 0.29) is 17.8 Å². The summed E-state index contributed by atoms with van der Waals surface area (Å²) in [4.78, 5) is 0. The zero-order valence-corrected chi connectivity index (χ0v) is 13.8. The summed E-state index contributed by atoms with van der Waals surface area (Å²) in [5.41, 5.74) is 5.01. The molecule has 3 N–H and O–H groups in total. The van der Waals surface area contributed by atoms with Crippen molar-refractivity contribution in [1.29, 1.82) is 0 Å². The molecule has 0 aliphatic heterocycles. The Hall–Kier alpha value is -1.54. The van der Waals surface area contributed by atoms with Crippen LogP contribution in [0, 0.1) is 5.92 Å². The minimum Gasteiger partial charge on any atom is -0.508 e. The van der Waals surface area contributed by atoms with Crippen molar-refractivity contribution in [3.63, 3.8) is 0 Å². The standard InChI is InChI=1S/C19H28O3/c1-4-7-15(12-19(22)14(2)3)8-5-11-18(21)16-9-6-10-17(20)13-16/h5-6,9-10,13-14,18-22H,4,7,11-12H2,1-3H3/t8?,18-,19-/m1/s1. The van der Waals surface area contributed by atoms with Crippen molar-refractivity contribution in [2.75, 3.05) is 0 Å². The molecule has 0 unspecified atom stereocenters. The van der Waals surface area contributed by atoms with Gasteiger partial charge < -0.3 is 15.3 Å². The van der Waals surface area contributed by atoms with E-state index in [1.807, 2.05) is 19.9 Å². The first-order valence-electron chi connectivity index (χ1n) is 8.02. The summed E-state index contributed by atoms with van der Waals surface area (Å²) in [6.07, 6.45) is 3.81. The number of hydrogen-bond acceptors (Lipinski definition) is 3. The second kappa shape index (κ2) is 9.47. The number of benzene rings is 1. The number of aromatic hydroxyl groups is 1. The third-order valence-electron chi connectivity index (χ3n) is 3.68. The lowest BCUT2D eigenvalue weighted by Crippen LogP contribution is -2.15. The predicted octanol–water partition coefficient (Wildman–Crippen LogP) is 4.10. The molecule has 1 aromatic rings. The van der Waals surface area contributed by atoms with Gasteiger partial charge in [-0.25, -0.2) is 0 Å². The summed E-state index contributed by atoms with van der Waals surface area (Å²) in [7, 11) is 0. The molecule has 0 spiro atoms. The van der Waals surface area contributed by atoms with E-state index in [9.17, 15) is 15.3 Å². The molecule has 0 fully saturated rings. The average Bonchev–Trinajstić information content (AvgIpc) is 2.47. The van der Waals surface area contributed by atoms with Gasteiger partial charge in [-0.2, -0.15) is 0 Å². The number of aliphatic hydroxyl groups excluding tert-OH is 2. The second-order valence-corrected chi connectivity index (χ2v) is 6.06. The Labute approximate surface area is 133 Å². The lowest BCUT2D eigenvalue weighted by molar-refractivity contribution is 0.125. The Morgan fingerprint density at radius 2 is 2.00 bits per heavy atom. The molecule has 1 rings (SSSR count). The largest absolute Gasteiger partial charge is 0.508 e. The lowest BCUT2D eigenvalue weighted by atomic mass is 9.97. The van der Waals surface area contributed by atoms with Gasteiger partial charge in [0.25, 0.3) is 0 Å². The monoisotopic (exact) mass is 304 g/mol. The van der Waals surface area contributed by atoms with Crippen LogP contribution in [-0.2, 0) is 0 Å². The topological polar surface area (TPSA) is 60.7 Å². The predicted molar refractivity (Wildman–Crippen MR) is 89.6 cm³/mol. The Bertz CT molecular complexity index is 513. The van der Waals surface area contributed by atoms with Crippen molar-refractivity contribution in [2.45, 2.75) is 58.7 Å². The van der Waals surface area contributed by atoms with E-state index < -0.39 is 6.10 Å². The minimum atomic E-state index is -0.655. The average molecular weight is 304 g/mol. The highest BCUT2D eigenvalue weighted by molar-refractivity contribution is 5.28. The van der Waals surface area contributed by atoms with E-state index in [0.717, 1.165) is 18.4 Å². The molecule has 122 valence electrons. The molecule has 0 saturated carbocycles. The van der Waals surface area contributed by atoms with Gasteiger partial charge in [0.2, 0.25) is 0 Å². The molecule has 1 aromatic carbocycles. The van der Waals surface area contributed by atoms with Gasteiger partial charge in [-0.1, -0.05) is 39.3 Å². The molecule has 3 nitrogen and oxygen atoms in total. The second-order valence-electron chi connectivity index (χ2n) is 6.06.